The number of benzene rings is 1. The van der Waals surface area contributed by atoms with Gasteiger partial charge in [0.15, 0.2) is 0 Å². The first-order valence-corrected chi connectivity index (χ1v) is 5.21. The molecule has 0 aliphatic carbocycles. The minimum Gasteiger partial charge on any atom is -0.481 e. The van der Waals surface area contributed by atoms with Crippen LogP contribution < -0.4 is 5.32 Å². The molecule has 2 N–H and O–H groups in total. The van der Waals surface area contributed by atoms with Crippen LogP contribution >= 0.6 is 11.6 Å². The summed E-state index contributed by atoms with van der Waals surface area (Å²) in [5.41, 5.74) is 0.380. The van der Waals surface area contributed by atoms with Gasteiger partial charge in [-0.1, -0.05) is 17.7 Å². The normalized spacial score (nSPS) is 11.9. The van der Waals surface area contributed by atoms with Crippen molar-refractivity contribution in [3.63, 3.8) is 0 Å². The van der Waals surface area contributed by atoms with E-state index < -0.39 is 17.8 Å². The van der Waals surface area contributed by atoms with Crippen LogP contribution in [0.1, 0.15) is 24.9 Å². The average molecular weight is 260 g/mol. The molecule has 17 heavy (non-hydrogen) atoms. The second-order valence-corrected chi connectivity index (χ2v) is 3.92. The Bertz CT molecular complexity index is 434. The summed E-state index contributed by atoms with van der Waals surface area (Å²) < 4.78 is 12.8. The number of rotatable bonds is 4. The highest BCUT2D eigenvalue weighted by atomic mass is 35.5. The molecule has 0 heterocycles. The minimum atomic E-state index is -1.08. The van der Waals surface area contributed by atoms with Crippen molar-refractivity contribution in [3.05, 3.63) is 34.6 Å². The molecule has 0 saturated carbocycles. The quantitative estimate of drug-likeness (QED) is 0.870. The number of halogens is 2. The molecule has 0 spiro atoms. The molecule has 1 aromatic carbocycles. The highest BCUT2D eigenvalue weighted by molar-refractivity contribution is 6.31. The molecule has 0 radical (unpaired) electrons. The van der Waals surface area contributed by atoms with E-state index in [2.05, 4.69) is 5.32 Å². The Morgan fingerprint density at radius 1 is 1.53 bits per heavy atom. The summed E-state index contributed by atoms with van der Waals surface area (Å²) in [4.78, 5) is 21.6. The van der Waals surface area contributed by atoms with Gasteiger partial charge in [0.2, 0.25) is 5.91 Å². The van der Waals surface area contributed by atoms with Gasteiger partial charge in [-0.25, -0.2) is 4.39 Å². The van der Waals surface area contributed by atoms with Crippen LogP contribution in [0.3, 0.4) is 0 Å². The fourth-order valence-corrected chi connectivity index (χ4v) is 1.74. The lowest BCUT2D eigenvalue weighted by atomic mass is 10.0. The predicted molar refractivity (Wildman–Crippen MR) is 60.2 cm³/mol. The molecular formula is C11H11ClFNO3. The van der Waals surface area contributed by atoms with Gasteiger partial charge in [-0.05, 0) is 17.7 Å². The molecule has 6 heteroatoms. The zero-order valence-electron chi connectivity index (χ0n) is 9.04. The second kappa shape index (κ2) is 5.63. The topological polar surface area (TPSA) is 66.4 Å². The number of hydrogen-bond donors (Lipinski definition) is 2. The Labute approximate surface area is 102 Å². The fraction of sp³-hybridized carbons (Fsp3) is 0.273. The van der Waals surface area contributed by atoms with Crippen molar-refractivity contribution in [2.45, 2.75) is 19.4 Å². The van der Waals surface area contributed by atoms with E-state index in [9.17, 15) is 14.0 Å². The zero-order valence-corrected chi connectivity index (χ0v) is 9.79. The smallest absolute Gasteiger partial charge is 0.305 e. The summed E-state index contributed by atoms with van der Waals surface area (Å²) >= 11 is 5.81. The van der Waals surface area contributed by atoms with Crippen LogP contribution in [0.5, 0.6) is 0 Å². The third kappa shape index (κ3) is 4.03. The molecule has 1 amide bonds. The third-order valence-electron chi connectivity index (χ3n) is 2.09. The van der Waals surface area contributed by atoms with Gasteiger partial charge in [0.25, 0.3) is 0 Å². The van der Waals surface area contributed by atoms with Crippen LogP contribution in [0, 0.1) is 5.82 Å². The molecule has 0 aliphatic rings. The fourth-order valence-electron chi connectivity index (χ4n) is 1.44. The first-order valence-electron chi connectivity index (χ1n) is 4.84. The number of amides is 1. The number of hydrogen-bond acceptors (Lipinski definition) is 2. The van der Waals surface area contributed by atoms with Crippen molar-refractivity contribution < 1.29 is 19.1 Å². The van der Waals surface area contributed by atoms with Gasteiger partial charge in [-0.3, -0.25) is 9.59 Å². The lowest BCUT2D eigenvalue weighted by molar-refractivity contribution is -0.137. The first kappa shape index (κ1) is 13.4. The molecule has 0 fully saturated rings. The maximum Gasteiger partial charge on any atom is 0.305 e. The summed E-state index contributed by atoms with van der Waals surface area (Å²) in [6.45, 7) is 1.27. The van der Waals surface area contributed by atoms with Crippen LogP contribution in [0.2, 0.25) is 5.02 Å². The molecule has 1 aromatic rings. The molecule has 92 valence electrons. The highest BCUT2D eigenvalue weighted by Gasteiger charge is 2.19. The van der Waals surface area contributed by atoms with E-state index in [1.54, 1.807) is 0 Å². The summed E-state index contributed by atoms with van der Waals surface area (Å²) in [7, 11) is 0. The first-order chi connectivity index (χ1) is 7.90. The van der Waals surface area contributed by atoms with Crippen LogP contribution in [-0.4, -0.2) is 17.0 Å². The average Bonchev–Trinajstić information content (AvgIpc) is 2.14. The molecule has 4 nitrogen and oxygen atoms in total. The maximum atomic E-state index is 12.8. The van der Waals surface area contributed by atoms with Crippen molar-refractivity contribution in [1.29, 1.82) is 0 Å². The largest absolute Gasteiger partial charge is 0.481 e. The number of aliphatic carboxylic acids is 1. The summed E-state index contributed by atoms with van der Waals surface area (Å²) in [6.07, 6.45) is -0.315. The lowest BCUT2D eigenvalue weighted by Crippen LogP contribution is -2.28. The molecule has 0 aliphatic heterocycles. The van der Waals surface area contributed by atoms with Gasteiger partial charge >= 0.3 is 5.97 Å². The molecule has 1 atom stereocenters. The molecule has 0 bridgehead atoms. The number of carbonyl (C=O) groups excluding carboxylic acids is 1. The van der Waals surface area contributed by atoms with Gasteiger partial charge in [-0.2, -0.15) is 0 Å². The Morgan fingerprint density at radius 2 is 2.18 bits per heavy atom. The van der Waals surface area contributed by atoms with E-state index >= 15 is 0 Å². The molecule has 1 rings (SSSR count). The number of nitrogens with one attached hydrogen (secondary N) is 1. The van der Waals surface area contributed by atoms with E-state index in [0.717, 1.165) is 12.1 Å². The monoisotopic (exact) mass is 259 g/mol. The molecular weight excluding hydrogens is 249 g/mol. The van der Waals surface area contributed by atoms with E-state index in [4.69, 9.17) is 16.7 Å². The lowest BCUT2D eigenvalue weighted by Gasteiger charge is -2.17. The van der Waals surface area contributed by atoms with Crippen LogP contribution in [-0.2, 0) is 9.59 Å². The SMILES string of the molecule is CC(=O)NC(CC(=O)O)c1ccc(F)cc1Cl. The van der Waals surface area contributed by atoms with E-state index in [-0.39, 0.29) is 17.4 Å². The van der Waals surface area contributed by atoms with Gasteiger partial charge in [0, 0.05) is 11.9 Å². The standard InChI is InChI=1S/C11H11ClFNO3/c1-6(15)14-10(5-11(16)17)8-3-2-7(13)4-9(8)12/h2-4,10H,5H2,1H3,(H,14,15)(H,16,17). The Kier molecular flexibility index (Phi) is 4.45. The van der Waals surface area contributed by atoms with Crippen molar-refractivity contribution in [2.75, 3.05) is 0 Å². The van der Waals surface area contributed by atoms with Crippen molar-refractivity contribution in [2.24, 2.45) is 0 Å². The Morgan fingerprint density at radius 3 is 2.65 bits per heavy atom. The highest BCUT2D eigenvalue weighted by Crippen LogP contribution is 2.26. The number of carboxylic acid groups (broad SMARTS) is 1. The maximum absolute atomic E-state index is 12.8. The molecule has 0 aromatic heterocycles. The van der Waals surface area contributed by atoms with Gasteiger partial charge in [-0.15, -0.1) is 0 Å². The van der Waals surface area contributed by atoms with Gasteiger partial charge in [0.05, 0.1) is 12.5 Å². The number of carbonyl (C=O) groups is 2. The molecule has 0 saturated heterocycles. The third-order valence-corrected chi connectivity index (χ3v) is 2.42. The van der Waals surface area contributed by atoms with Crippen molar-refractivity contribution >= 4 is 23.5 Å². The van der Waals surface area contributed by atoms with Gasteiger partial charge in [0.1, 0.15) is 5.82 Å². The number of carboxylic acids is 1. The van der Waals surface area contributed by atoms with Crippen LogP contribution in [0.15, 0.2) is 18.2 Å². The Balaban J connectivity index is 3.02. The predicted octanol–water partition coefficient (Wildman–Crippen LogP) is 2.13. The zero-order chi connectivity index (χ0) is 13.0. The van der Waals surface area contributed by atoms with Crippen molar-refractivity contribution in [3.8, 4) is 0 Å². The summed E-state index contributed by atoms with van der Waals surface area (Å²) in [5.74, 6) is -1.98. The molecule has 1 unspecified atom stereocenters. The van der Waals surface area contributed by atoms with E-state index in [0.29, 0.717) is 5.56 Å². The van der Waals surface area contributed by atoms with Crippen molar-refractivity contribution in [1.82, 2.24) is 5.32 Å². The second-order valence-electron chi connectivity index (χ2n) is 3.52. The Hall–Kier alpha value is -1.62. The van der Waals surface area contributed by atoms with Crippen LogP contribution in [0.4, 0.5) is 4.39 Å². The van der Waals surface area contributed by atoms with E-state index in [1.165, 1.54) is 13.0 Å². The summed E-state index contributed by atoms with van der Waals surface area (Å²) in [5, 5.41) is 11.3. The van der Waals surface area contributed by atoms with Gasteiger partial charge < -0.3 is 10.4 Å². The van der Waals surface area contributed by atoms with Crippen LogP contribution in [0.25, 0.3) is 0 Å². The summed E-state index contributed by atoms with van der Waals surface area (Å²) in [6, 6.07) is 2.84. The van der Waals surface area contributed by atoms with E-state index in [1.807, 2.05) is 0 Å². The minimum absolute atomic E-state index is 0.0880.